The molecule has 2 aromatic carbocycles. The molecule has 3 aromatic rings. The third-order valence-corrected chi connectivity index (χ3v) is 6.82. The summed E-state index contributed by atoms with van der Waals surface area (Å²) in [6.45, 7) is 7.95. The van der Waals surface area contributed by atoms with Crippen molar-refractivity contribution in [3.63, 3.8) is 0 Å². The van der Waals surface area contributed by atoms with Gasteiger partial charge in [0.05, 0.1) is 11.4 Å². The van der Waals surface area contributed by atoms with Crippen LogP contribution < -0.4 is 11.1 Å². The summed E-state index contributed by atoms with van der Waals surface area (Å²) in [5.41, 5.74) is 10.3. The molecule has 0 saturated carbocycles. The highest BCUT2D eigenvalue weighted by molar-refractivity contribution is 6.14. The van der Waals surface area contributed by atoms with Crippen LogP contribution in [-0.4, -0.2) is 45.7 Å². The molecule has 1 aromatic heterocycles. The van der Waals surface area contributed by atoms with Crippen molar-refractivity contribution in [1.82, 2.24) is 9.99 Å². The minimum atomic E-state index is -0.400. The quantitative estimate of drug-likeness (QED) is 0.199. The number of allylic oxidation sites excluding steroid dienone is 1. The number of rotatable bonds is 9. The number of aryl methyl sites for hydroxylation is 1. The molecule has 2 unspecified atom stereocenters. The van der Waals surface area contributed by atoms with Gasteiger partial charge in [-0.2, -0.15) is 5.10 Å². The van der Waals surface area contributed by atoms with Crippen LogP contribution in [0.4, 0.5) is 11.4 Å². The van der Waals surface area contributed by atoms with E-state index in [1.807, 2.05) is 63.2 Å². The lowest BCUT2D eigenvalue weighted by Crippen LogP contribution is -2.45. The van der Waals surface area contributed by atoms with E-state index in [-0.39, 0.29) is 29.4 Å². The maximum absolute atomic E-state index is 13.4. The number of aromatic nitrogens is 1. The summed E-state index contributed by atoms with van der Waals surface area (Å²) >= 11 is 0. The first-order valence-corrected chi connectivity index (χ1v) is 13.1. The van der Waals surface area contributed by atoms with E-state index in [4.69, 9.17) is 11.1 Å². The van der Waals surface area contributed by atoms with E-state index in [1.165, 1.54) is 0 Å². The molecule has 0 aliphatic carbocycles. The molecule has 1 amide bonds. The summed E-state index contributed by atoms with van der Waals surface area (Å²) in [5.74, 6) is -0.345. The number of carbonyl (C=O) groups is 2. The van der Waals surface area contributed by atoms with Crippen molar-refractivity contribution in [3.05, 3.63) is 94.8 Å². The molecule has 2 atom stereocenters. The zero-order valence-electron chi connectivity index (χ0n) is 22.7. The van der Waals surface area contributed by atoms with Crippen LogP contribution in [0.15, 0.2) is 72.0 Å². The minimum Gasteiger partial charge on any atom is -0.398 e. The van der Waals surface area contributed by atoms with Crippen LogP contribution in [0.3, 0.4) is 0 Å². The lowest BCUT2D eigenvalue weighted by Gasteiger charge is -2.29. The Labute approximate surface area is 229 Å². The average Bonchev–Trinajstić information content (AvgIpc) is 3.38. The number of nitrogens with two attached hydrogens (primary N) is 1. The standard InChI is InChI=1S/C31H34N6O2/c1-5-21-18-35-37(19(2)3)29(21)31(39)36-28-17-23(10-9-20(28)4)30(38)22-11-13-25(27(33)16-22)26(32)14-12-24-8-6-7-15-34-24/h6-19,21,29,32H,5,33H2,1-4H3,(H,36,39)/b14-12+,32-26?. The topological polar surface area (TPSA) is 125 Å². The Morgan fingerprint density at radius 1 is 1.13 bits per heavy atom. The summed E-state index contributed by atoms with van der Waals surface area (Å²) in [6.07, 6.45) is 7.70. The fourth-order valence-electron chi connectivity index (χ4n) is 4.56. The van der Waals surface area contributed by atoms with Crippen LogP contribution in [0.5, 0.6) is 0 Å². The molecule has 8 nitrogen and oxygen atoms in total. The smallest absolute Gasteiger partial charge is 0.249 e. The fourth-order valence-corrected chi connectivity index (χ4v) is 4.56. The van der Waals surface area contributed by atoms with Crippen molar-refractivity contribution >= 4 is 41.1 Å². The first kappa shape index (κ1) is 27.4. The summed E-state index contributed by atoms with van der Waals surface area (Å²) in [6, 6.07) is 15.4. The van der Waals surface area contributed by atoms with Crippen molar-refractivity contribution in [2.75, 3.05) is 11.1 Å². The van der Waals surface area contributed by atoms with Gasteiger partial charge in [0.25, 0.3) is 0 Å². The van der Waals surface area contributed by atoms with Crippen LogP contribution in [0.25, 0.3) is 6.08 Å². The van der Waals surface area contributed by atoms with Crippen LogP contribution in [-0.2, 0) is 4.79 Å². The summed E-state index contributed by atoms with van der Waals surface area (Å²) in [5, 5.41) is 17.7. The van der Waals surface area contributed by atoms with Crippen molar-refractivity contribution in [2.45, 2.75) is 46.2 Å². The van der Waals surface area contributed by atoms with Gasteiger partial charge in [-0.05, 0) is 69.2 Å². The third-order valence-electron chi connectivity index (χ3n) is 6.82. The van der Waals surface area contributed by atoms with Gasteiger partial charge in [0, 0.05) is 52.4 Å². The van der Waals surface area contributed by atoms with Crippen LogP contribution in [0, 0.1) is 18.3 Å². The minimum absolute atomic E-state index is 0.0246. The Morgan fingerprint density at radius 3 is 2.54 bits per heavy atom. The van der Waals surface area contributed by atoms with E-state index < -0.39 is 6.04 Å². The number of anilines is 2. The van der Waals surface area contributed by atoms with Gasteiger partial charge in [-0.3, -0.25) is 19.6 Å². The van der Waals surface area contributed by atoms with Gasteiger partial charge in [-0.15, -0.1) is 0 Å². The molecule has 200 valence electrons. The van der Waals surface area contributed by atoms with E-state index in [1.54, 1.807) is 48.7 Å². The highest BCUT2D eigenvalue weighted by Crippen LogP contribution is 2.26. The van der Waals surface area contributed by atoms with Crippen molar-refractivity contribution < 1.29 is 9.59 Å². The Balaban J connectivity index is 1.52. The predicted octanol–water partition coefficient (Wildman–Crippen LogP) is 5.33. The zero-order valence-corrected chi connectivity index (χ0v) is 22.7. The normalized spacial score (nSPS) is 16.7. The molecule has 4 N–H and O–H groups in total. The Kier molecular flexibility index (Phi) is 8.34. The summed E-state index contributed by atoms with van der Waals surface area (Å²) < 4.78 is 0. The molecule has 0 saturated heterocycles. The molecule has 0 spiro atoms. The Morgan fingerprint density at radius 2 is 1.87 bits per heavy atom. The number of nitrogens with zero attached hydrogens (tertiary/aromatic N) is 3. The molecule has 1 aliphatic rings. The van der Waals surface area contributed by atoms with E-state index in [0.717, 1.165) is 17.7 Å². The van der Waals surface area contributed by atoms with Crippen molar-refractivity contribution in [1.29, 1.82) is 5.41 Å². The number of ketones is 1. The number of amides is 1. The van der Waals surface area contributed by atoms with E-state index >= 15 is 0 Å². The fraction of sp³-hybridized carbons (Fsp3) is 0.258. The van der Waals surface area contributed by atoms with Crippen molar-refractivity contribution in [2.24, 2.45) is 11.0 Å². The third kappa shape index (κ3) is 6.12. The molecule has 0 fully saturated rings. The maximum Gasteiger partial charge on any atom is 0.249 e. The average molecular weight is 523 g/mol. The molecule has 8 heteroatoms. The van der Waals surface area contributed by atoms with Gasteiger partial charge >= 0.3 is 0 Å². The molecule has 39 heavy (non-hydrogen) atoms. The number of carbonyl (C=O) groups excluding carboxylic acids is 2. The van der Waals surface area contributed by atoms with Gasteiger partial charge < -0.3 is 16.5 Å². The van der Waals surface area contributed by atoms with Crippen LogP contribution in [0.1, 0.15) is 59.9 Å². The van der Waals surface area contributed by atoms with Gasteiger partial charge in [-0.25, -0.2) is 0 Å². The summed E-state index contributed by atoms with van der Waals surface area (Å²) in [4.78, 5) is 30.9. The number of pyridine rings is 1. The van der Waals surface area contributed by atoms with Crippen molar-refractivity contribution in [3.8, 4) is 0 Å². The van der Waals surface area contributed by atoms with Gasteiger partial charge in [0.15, 0.2) is 5.78 Å². The van der Waals surface area contributed by atoms with Crippen LogP contribution >= 0.6 is 0 Å². The maximum atomic E-state index is 13.4. The molecular weight excluding hydrogens is 488 g/mol. The molecule has 0 bridgehead atoms. The van der Waals surface area contributed by atoms with E-state index in [2.05, 4.69) is 15.4 Å². The number of hydrogen-bond donors (Lipinski definition) is 3. The molecule has 0 radical (unpaired) electrons. The van der Waals surface area contributed by atoms with Gasteiger partial charge in [0.2, 0.25) is 5.91 Å². The second-order valence-corrected chi connectivity index (χ2v) is 9.91. The molecule has 1 aliphatic heterocycles. The Hall–Kier alpha value is -4.59. The van der Waals surface area contributed by atoms with Gasteiger partial charge in [-0.1, -0.05) is 37.3 Å². The van der Waals surface area contributed by atoms with E-state index in [9.17, 15) is 9.59 Å². The SMILES string of the molecule is CCC1C=NN(C(C)C)C1C(=O)Nc1cc(C(=O)c2ccc(C(=N)/C=C/c3ccccn3)c(N)c2)ccc1C. The number of benzene rings is 2. The lowest BCUT2D eigenvalue weighted by atomic mass is 9.96. The second-order valence-electron chi connectivity index (χ2n) is 9.91. The first-order chi connectivity index (χ1) is 18.7. The number of nitrogen functional groups attached to an aromatic ring is 1. The zero-order chi connectivity index (χ0) is 28.1. The first-order valence-electron chi connectivity index (χ1n) is 13.1. The molecular formula is C31H34N6O2. The number of nitrogens with one attached hydrogen (secondary N) is 2. The highest BCUT2D eigenvalue weighted by atomic mass is 16.2. The largest absolute Gasteiger partial charge is 0.398 e. The van der Waals surface area contributed by atoms with E-state index in [0.29, 0.717) is 28.1 Å². The monoisotopic (exact) mass is 522 g/mol. The molecule has 4 rings (SSSR count). The van der Waals surface area contributed by atoms with Gasteiger partial charge in [0.1, 0.15) is 6.04 Å². The van der Waals surface area contributed by atoms with Crippen LogP contribution in [0.2, 0.25) is 0 Å². The summed E-state index contributed by atoms with van der Waals surface area (Å²) in [7, 11) is 0. The number of hydrazone groups is 1. The predicted molar refractivity (Wildman–Crippen MR) is 157 cm³/mol. The second kappa shape index (κ2) is 11.9. The molecule has 2 heterocycles. The Bertz CT molecular complexity index is 1440. The lowest BCUT2D eigenvalue weighted by molar-refractivity contribution is -0.122. The highest BCUT2D eigenvalue weighted by Gasteiger charge is 2.37. The number of hydrogen-bond acceptors (Lipinski definition) is 7.